The van der Waals surface area contributed by atoms with Gasteiger partial charge in [0.1, 0.15) is 24.2 Å². The van der Waals surface area contributed by atoms with E-state index in [9.17, 15) is 22.4 Å². The third kappa shape index (κ3) is 7.44. The molecule has 8 nitrogen and oxygen atoms in total. The number of ether oxygens (including phenoxy) is 1. The fourth-order valence-corrected chi connectivity index (χ4v) is 4.14. The molecule has 10 heteroatoms. The van der Waals surface area contributed by atoms with Crippen LogP contribution in [0.15, 0.2) is 48.5 Å². The minimum atomic E-state index is -3.84. The van der Waals surface area contributed by atoms with Crippen molar-refractivity contribution in [2.24, 2.45) is 0 Å². The van der Waals surface area contributed by atoms with Crippen LogP contribution in [0.1, 0.15) is 32.3 Å². The Balaban J connectivity index is 2.35. The molecule has 1 N–H and O–H groups in total. The molecule has 0 radical (unpaired) electrons. The summed E-state index contributed by atoms with van der Waals surface area (Å²) in [6.07, 6.45) is 2.66. The van der Waals surface area contributed by atoms with Crippen molar-refractivity contribution in [1.82, 2.24) is 10.2 Å². The van der Waals surface area contributed by atoms with Crippen LogP contribution in [0, 0.1) is 5.82 Å². The second kappa shape index (κ2) is 12.4. The molecule has 0 aliphatic carbocycles. The molecule has 0 unspecified atom stereocenters. The highest BCUT2D eigenvalue weighted by Crippen LogP contribution is 2.22. The molecule has 0 aromatic heterocycles. The smallest absolute Gasteiger partial charge is 0.244 e. The monoisotopic (exact) mass is 493 g/mol. The van der Waals surface area contributed by atoms with Gasteiger partial charge in [0.15, 0.2) is 0 Å². The Morgan fingerprint density at radius 1 is 1.12 bits per heavy atom. The van der Waals surface area contributed by atoms with E-state index in [4.69, 9.17) is 4.74 Å². The highest BCUT2D eigenvalue weighted by Gasteiger charge is 2.30. The summed E-state index contributed by atoms with van der Waals surface area (Å²) in [5, 5.41) is 2.77. The molecule has 34 heavy (non-hydrogen) atoms. The molecule has 2 aromatic carbocycles. The maximum Gasteiger partial charge on any atom is 0.244 e. The Kier molecular flexibility index (Phi) is 9.85. The van der Waals surface area contributed by atoms with Crippen LogP contribution in [0.5, 0.6) is 5.75 Å². The van der Waals surface area contributed by atoms with Crippen LogP contribution in [-0.2, 0) is 26.2 Å². The number of sulfonamides is 1. The van der Waals surface area contributed by atoms with E-state index in [1.807, 2.05) is 6.92 Å². The molecule has 0 heterocycles. The lowest BCUT2D eigenvalue weighted by atomic mass is 10.1. The molecule has 2 aromatic rings. The number of carbonyl (C=O) groups excluding carboxylic acids is 2. The Bertz CT molecular complexity index is 1080. The Hall–Kier alpha value is -3.14. The SMILES string of the molecule is CCCCNC(=O)[C@H](C)N(Cc1ccccc1F)C(=O)CN(c1ccc(OC)cc1)S(C)(=O)=O. The van der Waals surface area contributed by atoms with Gasteiger partial charge in [-0.1, -0.05) is 31.5 Å². The molecule has 0 saturated heterocycles. The minimum Gasteiger partial charge on any atom is -0.497 e. The van der Waals surface area contributed by atoms with E-state index in [0.717, 1.165) is 23.4 Å². The highest BCUT2D eigenvalue weighted by atomic mass is 32.2. The summed E-state index contributed by atoms with van der Waals surface area (Å²) in [5.74, 6) is -1.02. The number of amides is 2. The van der Waals surface area contributed by atoms with Crippen LogP contribution in [0.3, 0.4) is 0 Å². The van der Waals surface area contributed by atoms with Gasteiger partial charge in [0.25, 0.3) is 0 Å². The van der Waals surface area contributed by atoms with Crippen LogP contribution in [0.4, 0.5) is 10.1 Å². The number of halogens is 1. The molecule has 2 rings (SSSR count). The van der Waals surface area contributed by atoms with Crippen molar-refractivity contribution in [1.29, 1.82) is 0 Å². The van der Waals surface area contributed by atoms with E-state index in [0.29, 0.717) is 12.3 Å². The lowest BCUT2D eigenvalue weighted by Gasteiger charge is -2.31. The predicted molar refractivity (Wildman–Crippen MR) is 130 cm³/mol. The Morgan fingerprint density at radius 2 is 1.76 bits per heavy atom. The van der Waals surface area contributed by atoms with Crippen LogP contribution in [0.25, 0.3) is 0 Å². The number of anilines is 1. The predicted octanol–water partition coefficient (Wildman–Crippen LogP) is 2.93. The number of nitrogens with one attached hydrogen (secondary N) is 1. The van der Waals surface area contributed by atoms with Gasteiger partial charge in [-0.25, -0.2) is 12.8 Å². The average Bonchev–Trinajstić information content (AvgIpc) is 2.81. The number of hydrogen-bond donors (Lipinski definition) is 1. The number of methoxy groups -OCH3 is 1. The molecule has 0 aliphatic rings. The largest absolute Gasteiger partial charge is 0.497 e. The van der Waals surface area contributed by atoms with E-state index in [1.165, 1.54) is 49.3 Å². The number of unbranched alkanes of at least 4 members (excludes halogenated alkanes) is 1. The van der Waals surface area contributed by atoms with E-state index in [1.54, 1.807) is 18.2 Å². The zero-order valence-electron chi connectivity index (χ0n) is 20.0. The van der Waals surface area contributed by atoms with E-state index >= 15 is 0 Å². The minimum absolute atomic E-state index is 0.186. The van der Waals surface area contributed by atoms with Crippen LogP contribution >= 0.6 is 0 Å². The van der Waals surface area contributed by atoms with Crippen molar-refractivity contribution in [2.75, 3.05) is 30.8 Å². The molecular formula is C24H32FN3O5S. The summed E-state index contributed by atoms with van der Waals surface area (Å²) >= 11 is 0. The standard InChI is InChI=1S/C24H32FN3O5S/c1-5-6-15-26-24(30)18(2)27(16-19-9-7-8-10-22(19)25)23(29)17-28(34(4,31)32)20-11-13-21(33-3)14-12-20/h7-14,18H,5-6,15-17H2,1-4H3,(H,26,30)/t18-/m0/s1. The Morgan fingerprint density at radius 3 is 2.32 bits per heavy atom. The van der Waals surface area contributed by atoms with Crippen molar-refractivity contribution in [3.63, 3.8) is 0 Å². The second-order valence-corrected chi connectivity index (χ2v) is 9.81. The molecule has 0 spiro atoms. The van der Waals surface area contributed by atoms with E-state index in [2.05, 4.69) is 5.32 Å². The Labute approximate surface area is 200 Å². The summed E-state index contributed by atoms with van der Waals surface area (Å²) in [6, 6.07) is 11.2. The van der Waals surface area contributed by atoms with Gasteiger partial charge in [-0.3, -0.25) is 13.9 Å². The normalized spacial score (nSPS) is 12.0. The van der Waals surface area contributed by atoms with Crippen molar-refractivity contribution >= 4 is 27.5 Å². The molecule has 186 valence electrons. The molecular weight excluding hydrogens is 461 g/mol. The van der Waals surface area contributed by atoms with Crippen LogP contribution in [0.2, 0.25) is 0 Å². The molecule has 2 amide bonds. The van der Waals surface area contributed by atoms with E-state index in [-0.39, 0.29) is 17.8 Å². The van der Waals surface area contributed by atoms with Gasteiger partial charge in [0.05, 0.1) is 19.1 Å². The van der Waals surface area contributed by atoms with Gasteiger partial charge in [-0.15, -0.1) is 0 Å². The van der Waals surface area contributed by atoms with Crippen LogP contribution < -0.4 is 14.4 Å². The first-order valence-electron chi connectivity index (χ1n) is 11.0. The number of nitrogens with zero attached hydrogens (tertiary/aromatic N) is 2. The summed E-state index contributed by atoms with van der Waals surface area (Å²) in [6.45, 7) is 3.24. The van der Waals surface area contributed by atoms with Gasteiger partial charge in [0.2, 0.25) is 21.8 Å². The molecule has 0 saturated carbocycles. The second-order valence-electron chi connectivity index (χ2n) is 7.90. The zero-order valence-corrected chi connectivity index (χ0v) is 20.8. The van der Waals surface area contributed by atoms with Crippen LogP contribution in [-0.4, -0.2) is 57.6 Å². The fourth-order valence-electron chi connectivity index (χ4n) is 3.29. The van der Waals surface area contributed by atoms with E-state index < -0.39 is 40.2 Å². The number of carbonyl (C=O) groups is 2. The first kappa shape index (κ1) is 27.1. The van der Waals surface area contributed by atoms with Gasteiger partial charge in [-0.2, -0.15) is 0 Å². The third-order valence-corrected chi connectivity index (χ3v) is 6.48. The van der Waals surface area contributed by atoms with Gasteiger partial charge >= 0.3 is 0 Å². The van der Waals surface area contributed by atoms with Crippen molar-refractivity contribution in [2.45, 2.75) is 39.3 Å². The molecule has 0 aliphatic heterocycles. The van der Waals surface area contributed by atoms with Crippen molar-refractivity contribution < 1.29 is 27.1 Å². The maximum atomic E-state index is 14.4. The highest BCUT2D eigenvalue weighted by molar-refractivity contribution is 7.92. The lowest BCUT2D eigenvalue weighted by molar-refractivity contribution is -0.139. The van der Waals surface area contributed by atoms with Crippen molar-refractivity contribution in [3.05, 3.63) is 59.9 Å². The molecule has 0 fully saturated rings. The van der Waals surface area contributed by atoms with Gasteiger partial charge < -0.3 is 15.0 Å². The average molecular weight is 494 g/mol. The third-order valence-electron chi connectivity index (χ3n) is 5.33. The topological polar surface area (TPSA) is 96.0 Å². The summed E-state index contributed by atoms with van der Waals surface area (Å²) in [7, 11) is -2.35. The molecule has 1 atom stereocenters. The fraction of sp³-hybridized carbons (Fsp3) is 0.417. The van der Waals surface area contributed by atoms with Gasteiger partial charge in [0, 0.05) is 18.7 Å². The summed E-state index contributed by atoms with van der Waals surface area (Å²) < 4.78 is 45.5. The zero-order chi connectivity index (χ0) is 25.3. The number of benzene rings is 2. The van der Waals surface area contributed by atoms with Gasteiger partial charge in [-0.05, 0) is 43.7 Å². The first-order chi connectivity index (χ1) is 16.1. The quantitative estimate of drug-likeness (QED) is 0.459. The first-order valence-corrected chi connectivity index (χ1v) is 12.9. The summed E-state index contributed by atoms with van der Waals surface area (Å²) in [5.41, 5.74) is 0.488. The lowest BCUT2D eigenvalue weighted by Crippen LogP contribution is -2.51. The number of rotatable bonds is 12. The maximum absolute atomic E-state index is 14.4. The summed E-state index contributed by atoms with van der Waals surface area (Å²) in [4.78, 5) is 27.3. The number of hydrogen-bond acceptors (Lipinski definition) is 5. The molecule has 0 bridgehead atoms. The van der Waals surface area contributed by atoms with Crippen molar-refractivity contribution in [3.8, 4) is 5.75 Å².